The van der Waals surface area contributed by atoms with Crippen LogP contribution in [0, 0.1) is 6.92 Å². The number of carbonyl (C=O) groups excluding carboxylic acids is 1. The van der Waals surface area contributed by atoms with Gasteiger partial charge in [-0.05, 0) is 43.7 Å². The Labute approximate surface area is 188 Å². The van der Waals surface area contributed by atoms with Crippen molar-refractivity contribution in [3.05, 3.63) is 90.0 Å². The van der Waals surface area contributed by atoms with Crippen molar-refractivity contribution in [2.24, 2.45) is 5.10 Å². The summed E-state index contributed by atoms with van der Waals surface area (Å²) >= 11 is 0. The Bertz CT molecular complexity index is 1210. The molecule has 3 rings (SSSR count). The number of sulfonamides is 1. The predicted molar refractivity (Wildman–Crippen MR) is 126 cm³/mol. The lowest BCUT2D eigenvalue weighted by molar-refractivity contribution is -0.119. The molecule has 3 aromatic rings. The van der Waals surface area contributed by atoms with E-state index in [1.807, 2.05) is 37.3 Å². The number of ether oxygens (including phenoxy) is 1. The average molecular weight is 452 g/mol. The summed E-state index contributed by atoms with van der Waals surface area (Å²) in [5.74, 6) is -0.248. The van der Waals surface area contributed by atoms with Crippen LogP contribution in [0.15, 0.2) is 88.9 Å². The first-order valence-corrected chi connectivity index (χ1v) is 11.4. The lowest BCUT2D eigenvalue weighted by Gasteiger charge is -2.25. The molecule has 0 bridgehead atoms. The quantitative estimate of drug-likeness (QED) is 0.417. The summed E-state index contributed by atoms with van der Waals surface area (Å²) in [6.45, 7) is 3.16. The summed E-state index contributed by atoms with van der Waals surface area (Å²) in [5.41, 5.74) is 5.09. The van der Waals surface area contributed by atoms with Crippen molar-refractivity contribution in [1.29, 1.82) is 0 Å². The molecule has 166 valence electrons. The molecule has 0 unspecified atom stereocenters. The summed E-state index contributed by atoms with van der Waals surface area (Å²) in [6.07, 6.45) is 0. The molecule has 0 radical (unpaired) electrons. The van der Waals surface area contributed by atoms with Crippen LogP contribution in [-0.2, 0) is 14.8 Å². The molecule has 1 N–H and O–H groups in total. The third-order valence-electron chi connectivity index (χ3n) is 4.79. The Hall–Kier alpha value is -3.65. The zero-order valence-electron chi connectivity index (χ0n) is 18.1. The van der Waals surface area contributed by atoms with E-state index in [9.17, 15) is 13.2 Å². The lowest BCUT2D eigenvalue weighted by atomic mass is 10.1. The van der Waals surface area contributed by atoms with E-state index >= 15 is 0 Å². The number of rotatable bonds is 8. The maximum Gasteiger partial charge on any atom is 0.264 e. The zero-order valence-corrected chi connectivity index (χ0v) is 19.0. The Morgan fingerprint density at radius 1 is 0.969 bits per heavy atom. The normalized spacial score (nSPS) is 11.7. The molecular weight excluding hydrogens is 426 g/mol. The van der Waals surface area contributed by atoms with E-state index in [4.69, 9.17) is 4.74 Å². The van der Waals surface area contributed by atoms with Crippen LogP contribution in [0.2, 0.25) is 0 Å². The highest BCUT2D eigenvalue weighted by atomic mass is 32.2. The van der Waals surface area contributed by atoms with Crippen molar-refractivity contribution < 1.29 is 17.9 Å². The molecule has 0 atom stereocenters. The summed E-state index contributed by atoms with van der Waals surface area (Å²) in [4.78, 5) is 12.8. The van der Waals surface area contributed by atoms with E-state index in [-0.39, 0.29) is 10.6 Å². The number of methoxy groups -OCH3 is 1. The van der Waals surface area contributed by atoms with Crippen LogP contribution in [-0.4, -0.2) is 33.7 Å². The van der Waals surface area contributed by atoms with E-state index in [2.05, 4.69) is 10.5 Å². The van der Waals surface area contributed by atoms with E-state index in [1.165, 1.54) is 19.2 Å². The van der Waals surface area contributed by atoms with Crippen molar-refractivity contribution in [2.45, 2.75) is 18.7 Å². The number of aryl methyl sites for hydroxylation is 1. The van der Waals surface area contributed by atoms with Gasteiger partial charge in [0.05, 0.1) is 23.4 Å². The lowest BCUT2D eigenvalue weighted by Crippen LogP contribution is -2.40. The molecule has 0 aliphatic rings. The summed E-state index contributed by atoms with van der Waals surface area (Å²) < 4.78 is 33.3. The number of para-hydroxylation sites is 2. The van der Waals surface area contributed by atoms with Gasteiger partial charge in [0, 0.05) is 0 Å². The highest BCUT2D eigenvalue weighted by molar-refractivity contribution is 7.92. The van der Waals surface area contributed by atoms with Gasteiger partial charge in [0.15, 0.2) is 0 Å². The fourth-order valence-corrected chi connectivity index (χ4v) is 4.46. The van der Waals surface area contributed by atoms with E-state index < -0.39 is 22.5 Å². The standard InChI is InChI=1S/C24H25N3O4S/c1-18-13-15-21(16-14-18)32(29,30)27(22-11-7-8-12-23(22)31-3)17-24(28)26-25-19(2)20-9-5-4-6-10-20/h4-16H,17H2,1-3H3,(H,26,28)/b25-19-. The minimum absolute atomic E-state index is 0.0748. The van der Waals surface area contributed by atoms with Crippen LogP contribution in [0.1, 0.15) is 18.1 Å². The topological polar surface area (TPSA) is 88.1 Å². The van der Waals surface area contributed by atoms with Gasteiger partial charge in [-0.15, -0.1) is 0 Å². The van der Waals surface area contributed by atoms with Gasteiger partial charge in [0.1, 0.15) is 12.3 Å². The van der Waals surface area contributed by atoms with Crippen LogP contribution in [0.5, 0.6) is 5.75 Å². The first-order valence-electron chi connectivity index (χ1n) is 9.94. The Kier molecular flexibility index (Phi) is 7.27. The predicted octanol–water partition coefficient (Wildman–Crippen LogP) is 3.74. The van der Waals surface area contributed by atoms with Crippen molar-refractivity contribution >= 4 is 27.3 Å². The smallest absolute Gasteiger partial charge is 0.264 e. The third kappa shape index (κ3) is 5.33. The molecule has 7 nitrogen and oxygen atoms in total. The van der Waals surface area contributed by atoms with Crippen LogP contribution in [0.25, 0.3) is 0 Å². The molecular formula is C24H25N3O4S. The van der Waals surface area contributed by atoms with Gasteiger partial charge in [0.25, 0.3) is 15.9 Å². The summed E-state index contributed by atoms with van der Waals surface area (Å²) in [5, 5.41) is 4.11. The number of benzene rings is 3. The van der Waals surface area contributed by atoms with Crippen LogP contribution in [0.4, 0.5) is 5.69 Å². The van der Waals surface area contributed by atoms with E-state index in [0.29, 0.717) is 11.5 Å². The molecule has 0 fully saturated rings. The minimum Gasteiger partial charge on any atom is -0.495 e. The van der Waals surface area contributed by atoms with Gasteiger partial charge < -0.3 is 4.74 Å². The van der Waals surface area contributed by atoms with Gasteiger partial charge in [-0.1, -0.05) is 60.2 Å². The number of carbonyl (C=O) groups is 1. The summed E-state index contributed by atoms with van der Waals surface area (Å²) in [6, 6.07) is 22.5. The highest BCUT2D eigenvalue weighted by Gasteiger charge is 2.29. The molecule has 0 spiro atoms. The molecule has 0 aliphatic carbocycles. The fraction of sp³-hybridized carbons (Fsp3) is 0.167. The molecule has 3 aromatic carbocycles. The van der Waals surface area contributed by atoms with E-state index in [1.54, 1.807) is 43.3 Å². The van der Waals surface area contributed by atoms with Gasteiger partial charge in [0.2, 0.25) is 0 Å². The Balaban J connectivity index is 1.92. The summed E-state index contributed by atoms with van der Waals surface area (Å²) in [7, 11) is -2.60. The number of anilines is 1. The second-order valence-electron chi connectivity index (χ2n) is 7.09. The van der Waals surface area contributed by atoms with Crippen molar-refractivity contribution in [3.63, 3.8) is 0 Å². The highest BCUT2D eigenvalue weighted by Crippen LogP contribution is 2.32. The minimum atomic E-state index is -4.05. The van der Waals surface area contributed by atoms with Gasteiger partial charge in [-0.2, -0.15) is 5.10 Å². The largest absolute Gasteiger partial charge is 0.495 e. The van der Waals surface area contributed by atoms with E-state index in [0.717, 1.165) is 15.4 Å². The Morgan fingerprint density at radius 2 is 1.59 bits per heavy atom. The molecule has 1 amide bonds. The number of amides is 1. The number of hydrogen-bond donors (Lipinski definition) is 1. The SMILES string of the molecule is COc1ccccc1N(CC(=O)N/N=C(/C)c1ccccc1)S(=O)(=O)c1ccc(C)cc1. The molecule has 0 aromatic heterocycles. The maximum atomic E-state index is 13.5. The number of hydrazone groups is 1. The first-order chi connectivity index (χ1) is 15.3. The second kappa shape index (κ2) is 10.1. The third-order valence-corrected chi connectivity index (χ3v) is 6.56. The van der Waals surface area contributed by atoms with Gasteiger partial charge in [-0.3, -0.25) is 9.10 Å². The molecule has 0 saturated carbocycles. The first kappa shape index (κ1) is 23.0. The van der Waals surface area contributed by atoms with Gasteiger partial charge in [-0.25, -0.2) is 13.8 Å². The molecule has 0 saturated heterocycles. The van der Waals surface area contributed by atoms with Crippen LogP contribution < -0.4 is 14.5 Å². The van der Waals surface area contributed by atoms with Crippen LogP contribution >= 0.6 is 0 Å². The fourth-order valence-electron chi connectivity index (χ4n) is 3.03. The second-order valence-corrected chi connectivity index (χ2v) is 8.96. The van der Waals surface area contributed by atoms with Crippen LogP contribution in [0.3, 0.4) is 0 Å². The number of nitrogens with zero attached hydrogens (tertiary/aromatic N) is 2. The molecule has 8 heteroatoms. The number of hydrogen-bond acceptors (Lipinski definition) is 5. The average Bonchev–Trinajstić information content (AvgIpc) is 2.81. The Morgan fingerprint density at radius 3 is 2.25 bits per heavy atom. The molecule has 32 heavy (non-hydrogen) atoms. The molecule has 0 aliphatic heterocycles. The maximum absolute atomic E-state index is 13.5. The van der Waals surface area contributed by atoms with Gasteiger partial charge >= 0.3 is 0 Å². The zero-order chi connectivity index (χ0) is 23.1. The van der Waals surface area contributed by atoms with Crippen molar-refractivity contribution in [2.75, 3.05) is 18.0 Å². The molecule has 0 heterocycles. The van der Waals surface area contributed by atoms with Crippen molar-refractivity contribution in [1.82, 2.24) is 5.43 Å². The van der Waals surface area contributed by atoms with Crippen molar-refractivity contribution in [3.8, 4) is 5.75 Å². The number of nitrogens with one attached hydrogen (secondary N) is 1. The monoisotopic (exact) mass is 451 g/mol.